The van der Waals surface area contributed by atoms with Gasteiger partial charge in [0, 0.05) is 38.3 Å². The van der Waals surface area contributed by atoms with Crippen molar-refractivity contribution in [3.05, 3.63) is 11.4 Å². The van der Waals surface area contributed by atoms with E-state index in [0.717, 1.165) is 11.3 Å². The van der Waals surface area contributed by atoms with Crippen LogP contribution in [0, 0.1) is 0 Å². The second kappa shape index (κ2) is 6.03. The van der Waals surface area contributed by atoms with Crippen molar-refractivity contribution >= 4 is 33.1 Å². The lowest BCUT2D eigenvalue weighted by Crippen LogP contribution is -2.39. The lowest BCUT2D eigenvalue weighted by molar-refractivity contribution is 0.217. The minimum atomic E-state index is -3.53. The van der Waals surface area contributed by atoms with E-state index in [1.807, 2.05) is 0 Å². The average Bonchev–Trinajstić information content (AvgIpc) is 2.71. The summed E-state index contributed by atoms with van der Waals surface area (Å²) in [5.74, 6) is 0. The molecule has 0 aliphatic rings. The highest BCUT2D eigenvalue weighted by molar-refractivity contribution is 7.91. The number of rotatable bonds is 5. The number of sulfonamides is 1. The third kappa shape index (κ3) is 4.17. The van der Waals surface area contributed by atoms with E-state index in [2.05, 4.69) is 10.0 Å². The molecule has 1 heterocycles. The molecule has 1 aromatic rings. The molecule has 0 saturated heterocycles. The summed E-state index contributed by atoms with van der Waals surface area (Å²) >= 11 is 1.05. The van der Waals surface area contributed by atoms with Crippen LogP contribution in [0.1, 0.15) is 0 Å². The molecule has 9 heteroatoms. The van der Waals surface area contributed by atoms with Gasteiger partial charge in [0.1, 0.15) is 4.21 Å². The third-order valence-electron chi connectivity index (χ3n) is 1.96. The van der Waals surface area contributed by atoms with Crippen LogP contribution in [0.15, 0.2) is 15.7 Å². The number of nitrogens with one attached hydrogen (secondary N) is 2. The van der Waals surface area contributed by atoms with E-state index in [0.29, 0.717) is 5.69 Å². The summed E-state index contributed by atoms with van der Waals surface area (Å²) < 4.78 is 26.0. The molecule has 102 valence electrons. The van der Waals surface area contributed by atoms with Gasteiger partial charge in [0.15, 0.2) is 0 Å². The Hall–Kier alpha value is -1.32. The van der Waals surface area contributed by atoms with Crippen LogP contribution in [0.5, 0.6) is 0 Å². The molecule has 0 fully saturated rings. The fraction of sp³-hybridized carbons (Fsp3) is 0.444. The van der Waals surface area contributed by atoms with Crippen LogP contribution < -0.4 is 15.8 Å². The van der Waals surface area contributed by atoms with Crippen LogP contribution in [0.2, 0.25) is 0 Å². The van der Waals surface area contributed by atoms with Crippen LogP contribution in [0.3, 0.4) is 0 Å². The van der Waals surface area contributed by atoms with Gasteiger partial charge in [-0.2, -0.15) is 0 Å². The van der Waals surface area contributed by atoms with Crippen LogP contribution >= 0.6 is 11.3 Å². The topological polar surface area (TPSA) is 105 Å². The number of hydrogen-bond acceptors (Lipinski definition) is 5. The Balaban J connectivity index is 2.42. The van der Waals surface area contributed by atoms with E-state index in [-0.39, 0.29) is 23.3 Å². The summed E-state index contributed by atoms with van der Waals surface area (Å²) in [7, 11) is -0.324. The molecular weight excluding hydrogens is 276 g/mol. The zero-order valence-corrected chi connectivity index (χ0v) is 11.8. The molecule has 2 amide bonds. The zero-order valence-electron chi connectivity index (χ0n) is 10.1. The largest absolute Gasteiger partial charge is 0.398 e. The molecule has 0 aromatic carbocycles. The number of hydrogen-bond donors (Lipinski definition) is 3. The van der Waals surface area contributed by atoms with E-state index in [1.54, 1.807) is 19.5 Å². The summed E-state index contributed by atoms with van der Waals surface area (Å²) in [6.45, 7) is 0.344. The summed E-state index contributed by atoms with van der Waals surface area (Å²) in [6, 6.07) is 1.13. The highest BCUT2D eigenvalue weighted by atomic mass is 32.2. The normalized spacial score (nSPS) is 11.2. The lowest BCUT2D eigenvalue weighted by atomic mass is 10.6. The fourth-order valence-electron chi connectivity index (χ4n) is 1.06. The maximum Gasteiger partial charge on any atom is 0.316 e. The van der Waals surface area contributed by atoms with Crippen molar-refractivity contribution in [2.75, 3.05) is 32.9 Å². The molecule has 0 atom stereocenters. The SMILES string of the molecule is CN(C)C(=O)NCCNS(=O)(=O)c1cc(N)cs1. The summed E-state index contributed by atoms with van der Waals surface area (Å²) in [5.41, 5.74) is 5.88. The van der Waals surface area contributed by atoms with E-state index in [4.69, 9.17) is 5.73 Å². The summed E-state index contributed by atoms with van der Waals surface area (Å²) in [5, 5.41) is 4.11. The van der Waals surface area contributed by atoms with Gasteiger partial charge in [-0.25, -0.2) is 17.9 Å². The molecule has 0 aliphatic heterocycles. The van der Waals surface area contributed by atoms with Crippen molar-refractivity contribution in [3.8, 4) is 0 Å². The van der Waals surface area contributed by atoms with Gasteiger partial charge in [-0.3, -0.25) is 0 Å². The summed E-state index contributed by atoms with van der Waals surface area (Å²) in [4.78, 5) is 12.5. The molecule has 4 N–H and O–H groups in total. The van der Waals surface area contributed by atoms with E-state index < -0.39 is 10.0 Å². The van der Waals surface area contributed by atoms with Crippen molar-refractivity contribution < 1.29 is 13.2 Å². The molecule has 18 heavy (non-hydrogen) atoms. The Morgan fingerprint density at radius 3 is 2.61 bits per heavy atom. The Morgan fingerprint density at radius 2 is 2.11 bits per heavy atom. The molecule has 7 nitrogen and oxygen atoms in total. The maximum atomic E-state index is 11.7. The van der Waals surface area contributed by atoms with Crippen LogP contribution in [0.4, 0.5) is 10.5 Å². The number of carbonyl (C=O) groups is 1. The average molecular weight is 292 g/mol. The number of nitrogens with zero attached hydrogens (tertiary/aromatic N) is 1. The van der Waals surface area contributed by atoms with Crippen LogP contribution in [-0.4, -0.2) is 46.5 Å². The van der Waals surface area contributed by atoms with Crippen molar-refractivity contribution in [1.82, 2.24) is 14.9 Å². The van der Waals surface area contributed by atoms with Crippen LogP contribution in [0.25, 0.3) is 0 Å². The summed E-state index contributed by atoms with van der Waals surface area (Å²) in [6.07, 6.45) is 0. The molecule has 0 aliphatic carbocycles. The van der Waals surface area contributed by atoms with Crippen molar-refractivity contribution in [2.24, 2.45) is 0 Å². The zero-order chi connectivity index (χ0) is 13.8. The number of urea groups is 1. The Kier molecular flexibility index (Phi) is 4.93. The fourth-order valence-corrected chi connectivity index (χ4v) is 3.21. The third-order valence-corrected chi connectivity index (χ3v) is 4.88. The number of nitrogen functional groups attached to an aromatic ring is 1. The van der Waals surface area contributed by atoms with Gasteiger partial charge in [0.25, 0.3) is 0 Å². The van der Waals surface area contributed by atoms with Crippen molar-refractivity contribution in [3.63, 3.8) is 0 Å². The van der Waals surface area contributed by atoms with Crippen LogP contribution in [-0.2, 0) is 10.0 Å². The standard InChI is InChI=1S/C9H16N4O3S2/c1-13(2)9(14)11-3-4-12-18(15,16)8-5-7(10)6-17-8/h5-6,12H,3-4,10H2,1-2H3,(H,11,14). The number of amides is 2. The molecule has 1 rings (SSSR count). The predicted molar refractivity (Wildman–Crippen MR) is 71.0 cm³/mol. The predicted octanol–water partition coefficient (Wildman–Crippen LogP) is -0.120. The van der Waals surface area contributed by atoms with Gasteiger partial charge in [0.05, 0.1) is 0 Å². The van der Waals surface area contributed by atoms with Crippen molar-refractivity contribution in [1.29, 1.82) is 0 Å². The molecule has 0 spiro atoms. The van der Waals surface area contributed by atoms with Gasteiger partial charge in [0.2, 0.25) is 10.0 Å². The second-order valence-electron chi connectivity index (χ2n) is 3.72. The van der Waals surface area contributed by atoms with Gasteiger partial charge < -0.3 is 16.0 Å². The van der Waals surface area contributed by atoms with Crippen molar-refractivity contribution in [2.45, 2.75) is 4.21 Å². The first kappa shape index (κ1) is 14.7. The number of nitrogens with two attached hydrogens (primary N) is 1. The van der Waals surface area contributed by atoms with E-state index >= 15 is 0 Å². The first-order valence-corrected chi connectivity index (χ1v) is 7.48. The first-order valence-electron chi connectivity index (χ1n) is 5.12. The first-order chi connectivity index (χ1) is 8.33. The Labute approximate surface area is 110 Å². The number of anilines is 1. The monoisotopic (exact) mass is 292 g/mol. The van der Waals surface area contributed by atoms with Gasteiger partial charge in [-0.15, -0.1) is 11.3 Å². The number of carbonyl (C=O) groups excluding carboxylic acids is 1. The Bertz CT molecular complexity index is 510. The molecule has 0 radical (unpaired) electrons. The molecule has 0 bridgehead atoms. The second-order valence-corrected chi connectivity index (χ2v) is 6.63. The highest BCUT2D eigenvalue weighted by Crippen LogP contribution is 2.20. The minimum Gasteiger partial charge on any atom is -0.398 e. The van der Waals surface area contributed by atoms with E-state index in [9.17, 15) is 13.2 Å². The quantitative estimate of drug-likeness (QED) is 0.658. The van der Waals surface area contributed by atoms with Gasteiger partial charge in [-0.1, -0.05) is 0 Å². The lowest BCUT2D eigenvalue weighted by Gasteiger charge is -2.11. The smallest absolute Gasteiger partial charge is 0.316 e. The minimum absolute atomic E-state index is 0.125. The molecular formula is C9H16N4O3S2. The molecule has 1 aromatic heterocycles. The maximum absolute atomic E-state index is 11.7. The highest BCUT2D eigenvalue weighted by Gasteiger charge is 2.15. The van der Waals surface area contributed by atoms with E-state index in [1.165, 1.54) is 11.0 Å². The number of thiophene rings is 1. The molecule has 0 unspecified atom stereocenters. The molecule has 0 saturated carbocycles. The van der Waals surface area contributed by atoms with Gasteiger partial charge in [-0.05, 0) is 6.07 Å². The Morgan fingerprint density at radius 1 is 1.44 bits per heavy atom. The van der Waals surface area contributed by atoms with Gasteiger partial charge >= 0.3 is 6.03 Å².